The number of nitrogens with one attached hydrogen (secondary N) is 1. The summed E-state index contributed by atoms with van der Waals surface area (Å²) in [6, 6.07) is 5.52. The summed E-state index contributed by atoms with van der Waals surface area (Å²) in [6.45, 7) is 9.55. The maximum atomic E-state index is 12.7. The molecule has 5 nitrogen and oxygen atoms in total. The Balaban J connectivity index is 2.15. The third-order valence-electron chi connectivity index (χ3n) is 4.10. The Bertz CT molecular complexity index is 571. The number of hydrogen-bond acceptors (Lipinski definition) is 2. The van der Waals surface area contributed by atoms with E-state index < -0.39 is 6.04 Å². The van der Waals surface area contributed by atoms with Crippen LogP contribution in [0.25, 0.3) is 0 Å². The Morgan fingerprint density at radius 3 is 2.73 bits per heavy atom. The van der Waals surface area contributed by atoms with E-state index in [2.05, 4.69) is 5.32 Å². The fourth-order valence-corrected chi connectivity index (χ4v) is 2.73. The van der Waals surface area contributed by atoms with Gasteiger partial charge in [0.15, 0.2) is 0 Å². The lowest BCUT2D eigenvalue weighted by molar-refractivity contribution is -0.124. The number of urea groups is 1. The van der Waals surface area contributed by atoms with Gasteiger partial charge in [0, 0.05) is 25.3 Å². The highest BCUT2D eigenvalue weighted by molar-refractivity contribution is 6.00. The summed E-state index contributed by atoms with van der Waals surface area (Å²) < 4.78 is 0. The Labute approximate surface area is 132 Å². The van der Waals surface area contributed by atoms with Crippen LogP contribution < -0.4 is 10.2 Å². The van der Waals surface area contributed by atoms with Gasteiger partial charge in [0.05, 0.1) is 0 Å². The number of benzene rings is 1. The van der Waals surface area contributed by atoms with Gasteiger partial charge in [0.1, 0.15) is 6.04 Å². The van der Waals surface area contributed by atoms with Crippen LogP contribution in [-0.2, 0) is 4.79 Å². The van der Waals surface area contributed by atoms with Crippen molar-refractivity contribution in [1.82, 2.24) is 10.2 Å². The summed E-state index contributed by atoms with van der Waals surface area (Å²) in [5.41, 5.74) is 3.16. The summed E-state index contributed by atoms with van der Waals surface area (Å²) in [4.78, 5) is 28.2. The van der Waals surface area contributed by atoms with Crippen molar-refractivity contribution < 1.29 is 9.59 Å². The molecule has 2 rings (SSSR count). The molecular weight excluding hydrogens is 278 g/mol. The van der Waals surface area contributed by atoms with Crippen LogP contribution in [0.2, 0.25) is 0 Å². The van der Waals surface area contributed by atoms with E-state index in [0.29, 0.717) is 19.6 Å². The molecule has 1 saturated heterocycles. The van der Waals surface area contributed by atoms with Crippen molar-refractivity contribution in [1.29, 1.82) is 0 Å². The van der Waals surface area contributed by atoms with Crippen molar-refractivity contribution in [2.24, 2.45) is 0 Å². The SMILES string of the molecule is CCCNC(=O)N1CCN(c2cc(C)ccc2C)C(=O)[C@@H]1C. The summed E-state index contributed by atoms with van der Waals surface area (Å²) >= 11 is 0. The van der Waals surface area contributed by atoms with Gasteiger partial charge in [-0.3, -0.25) is 4.79 Å². The lowest BCUT2D eigenvalue weighted by atomic mass is 10.1. The molecule has 1 aromatic carbocycles. The van der Waals surface area contributed by atoms with Gasteiger partial charge >= 0.3 is 6.03 Å². The fraction of sp³-hybridized carbons (Fsp3) is 0.529. The summed E-state index contributed by atoms with van der Waals surface area (Å²) in [5.74, 6) is -0.0217. The zero-order valence-electron chi connectivity index (χ0n) is 13.8. The molecule has 1 N–H and O–H groups in total. The minimum absolute atomic E-state index is 0.0217. The maximum absolute atomic E-state index is 12.7. The number of rotatable bonds is 3. The molecule has 1 fully saturated rings. The van der Waals surface area contributed by atoms with E-state index in [4.69, 9.17) is 0 Å². The summed E-state index contributed by atoms with van der Waals surface area (Å²) in [7, 11) is 0. The van der Waals surface area contributed by atoms with Crippen molar-refractivity contribution in [2.75, 3.05) is 24.5 Å². The molecule has 3 amide bonds. The molecule has 1 atom stereocenters. The van der Waals surface area contributed by atoms with E-state index in [1.54, 1.807) is 16.7 Å². The average molecular weight is 303 g/mol. The number of aryl methyl sites for hydroxylation is 2. The molecule has 22 heavy (non-hydrogen) atoms. The molecule has 0 aliphatic carbocycles. The number of anilines is 1. The predicted molar refractivity (Wildman–Crippen MR) is 88.1 cm³/mol. The van der Waals surface area contributed by atoms with E-state index in [1.807, 2.05) is 39.0 Å². The van der Waals surface area contributed by atoms with Gasteiger partial charge in [-0.25, -0.2) is 4.79 Å². The molecule has 0 saturated carbocycles. The number of hydrogen-bond donors (Lipinski definition) is 1. The normalized spacial score (nSPS) is 18.5. The standard InChI is InChI=1S/C17H25N3O2/c1-5-8-18-17(22)19-9-10-20(16(21)14(19)4)15-11-12(2)6-7-13(15)3/h6-7,11,14H,5,8-10H2,1-4H3,(H,18,22)/t14-/m0/s1. The highest BCUT2D eigenvalue weighted by atomic mass is 16.2. The zero-order chi connectivity index (χ0) is 16.3. The van der Waals surface area contributed by atoms with E-state index >= 15 is 0 Å². The molecule has 1 aliphatic heterocycles. The Morgan fingerprint density at radius 2 is 2.05 bits per heavy atom. The average Bonchev–Trinajstić information content (AvgIpc) is 2.50. The number of carbonyl (C=O) groups excluding carboxylic acids is 2. The first-order valence-electron chi connectivity index (χ1n) is 7.88. The first kappa shape index (κ1) is 16.3. The molecule has 0 radical (unpaired) electrons. The molecule has 0 unspecified atom stereocenters. The summed E-state index contributed by atoms with van der Waals surface area (Å²) in [6.07, 6.45) is 0.885. The third kappa shape index (κ3) is 3.24. The first-order chi connectivity index (χ1) is 10.5. The Kier molecular flexibility index (Phi) is 5.06. The second kappa shape index (κ2) is 6.81. The van der Waals surface area contributed by atoms with Crippen molar-refractivity contribution in [3.63, 3.8) is 0 Å². The molecule has 5 heteroatoms. The second-order valence-corrected chi connectivity index (χ2v) is 5.88. The number of nitrogens with zero attached hydrogens (tertiary/aromatic N) is 2. The van der Waals surface area contributed by atoms with Crippen molar-refractivity contribution in [3.05, 3.63) is 29.3 Å². The molecule has 1 heterocycles. The van der Waals surface area contributed by atoms with Crippen molar-refractivity contribution in [3.8, 4) is 0 Å². The predicted octanol–water partition coefficient (Wildman–Crippen LogP) is 2.46. The van der Waals surface area contributed by atoms with Gasteiger partial charge in [-0.2, -0.15) is 0 Å². The Hall–Kier alpha value is -2.04. The zero-order valence-corrected chi connectivity index (χ0v) is 13.8. The van der Waals surface area contributed by atoms with Gasteiger partial charge in [-0.1, -0.05) is 19.1 Å². The van der Waals surface area contributed by atoms with E-state index in [1.165, 1.54) is 0 Å². The van der Waals surface area contributed by atoms with Gasteiger partial charge in [0.25, 0.3) is 0 Å². The smallest absolute Gasteiger partial charge is 0.318 e. The van der Waals surface area contributed by atoms with Crippen LogP contribution in [0.4, 0.5) is 10.5 Å². The minimum atomic E-state index is -0.439. The fourth-order valence-electron chi connectivity index (χ4n) is 2.73. The second-order valence-electron chi connectivity index (χ2n) is 5.88. The number of piperazine rings is 1. The van der Waals surface area contributed by atoms with Gasteiger partial charge in [-0.15, -0.1) is 0 Å². The van der Waals surface area contributed by atoms with Gasteiger partial charge in [-0.05, 0) is 44.4 Å². The Morgan fingerprint density at radius 1 is 1.32 bits per heavy atom. The largest absolute Gasteiger partial charge is 0.338 e. The monoisotopic (exact) mass is 303 g/mol. The van der Waals surface area contributed by atoms with Crippen LogP contribution in [0.1, 0.15) is 31.4 Å². The molecule has 0 spiro atoms. The highest BCUT2D eigenvalue weighted by Crippen LogP contribution is 2.25. The van der Waals surface area contributed by atoms with Crippen molar-refractivity contribution in [2.45, 2.75) is 40.2 Å². The van der Waals surface area contributed by atoms with Crippen LogP contribution in [0.15, 0.2) is 18.2 Å². The third-order valence-corrected chi connectivity index (χ3v) is 4.10. The maximum Gasteiger partial charge on any atom is 0.318 e. The highest BCUT2D eigenvalue weighted by Gasteiger charge is 2.35. The molecule has 120 valence electrons. The topological polar surface area (TPSA) is 52.7 Å². The first-order valence-corrected chi connectivity index (χ1v) is 7.88. The van der Waals surface area contributed by atoms with Gasteiger partial charge in [0.2, 0.25) is 5.91 Å². The summed E-state index contributed by atoms with van der Waals surface area (Å²) in [5, 5.41) is 2.84. The lowest BCUT2D eigenvalue weighted by Crippen LogP contribution is -2.60. The van der Waals surface area contributed by atoms with Crippen LogP contribution in [-0.4, -0.2) is 42.5 Å². The molecular formula is C17H25N3O2. The lowest BCUT2D eigenvalue weighted by Gasteiger charge is -2.39. The van der Waals surface area contributed by atoms with Crippen LogP contribution in [0.5, 0.6) is 0 Å². The molecule has 0 aromatic heterocycles. The number of amides is 3. The van der Waals surface area contributed by atoms with E-state index in [0.717, 1.165) is 23.2 Å². The van der Waals surface area contributed by atoms with Crippen LogP contribution in [0, 0.1) is 13.8 Å². The van der Waals surface area contributed by atoms with Crippen molar-refractivity contribution >= 4 is 17.6 Å². The van der Waals surface area contributed by atoms with Gasteiger partial charge < -0.3 is 15.1 Å². The molecule has 1 aliphatic rings. The number of carbonyl (C=O) groups is 2. The molecule has 1 aromatic rings. The van der Waals surface area contributed by atoms with E-state index in [9.17, 15) is 9.59 Å². The molecule has 0 bridgehead atoms. The van der Waals surface area contributed by atoms with Crippen LogP contribution >= 0.6 is 0 Å². The van der Waals surface area contributed by atoms with Crippen LogP contribution in [0.3, 0.4) is 0 Å². The minimum Gasteiger partial charge on any atom is -0.338 e. The van der Waals surface area contributed by atoms with E-state index in [-0.39, 0.29) is 11.9 Å². The quantitative estimate of drug-likeness (QED) is 0.932.